The Hall–Kier alpha value is -4.58. The number of hydrogen-bond acceptors (Lipinski definition) is 6. The first kappa shape index (κ1) is 28.9. The van der Waals surface area contributed by atoms with E-state index in [1.54, 1.807) is 43.6 Å². The standard InChI is InChI=1S/C30H29F3N6O3/c1-19-27-26(20-8-10-21(11-9-20)29(41)36-24-18-22(12-13-35-24)30(31,32)33)37-28(39(27)16-14-34-19)23-6-3-4-15-38(23)25(40)7-5-17-42-2/h5,7-14,16,18,23H,3-4,6,15,17H2,1-2H3,(H,35,36,41)/t23-/m0/s1. The lowest BCUT2D eigenvalue weighted by Crippen LogP contribution is -2.38. The van der Waals surface area contributed by atoms with Crippen molar-refractivity contribution >= 4 is 23.1 Å². The van der Waals surface area contributed by atoms with Crippen molar-refractivity contribution in [2.45, 2.75) is 38.4 Å². The second-order valence-corrected chi connectivity index (χ2v) is 9.91. The Labute approximate surface area is 240 Å². The molecule has 9 nitrogen and oxygen atoms in total. The average Bonchev–Trinajstić information content (AvgIpc) is 3.38. The van der Waals surface area contributed by atoms with Crippen molar-refractivity contribution in [1.29, 1.82) is 0 Å². The minimum Gasteiger partial charge on any atom is -0.381 e. The van der Waals surface area contributed by atoms with Gasteiger partial charge in [-0.3, -0.25) is 19.0 Å². The van der Waals surface area contributed by atoms with Crippen molar-refractivity contribution in [3.8, 4) is 11.3 Å². The largest absolute Gasteiger partial charge is 0.416 e. The van der Waals surface area contributed by atoms with Gasteiger partial charge >= 0.3 is 6.18 Å². The molecular formula is C30H29F3N6O3. The fraction of sp³-hybridized carbons (Fsp3) is 0.300. The van der Waals surface area contributed by atoms with Gasteiger partial charge in [0.15, 0.2) is 0 Å². The quantitative estimate of drug-likeness (QED) is 0.286. The first-order chi connectivity index (χ1) is 20.2. The van der Waals surface area contributed by atoms with Gasteiger partial charge in [0.1, 0.15) is 11.6 Å². The number of methoxy groups -OCH3 is 1. The van der Waals surface area contributed by atoms with E-state index in [0.29, 0.717) is 18.8 Å². The molecule has 0 saturated carbocycles. The van der Waals surface area contributed by atoms with Crippen LogP contribution in [0.4, 0.5) is 19.0 Å². The molecular weight excluding hydrogens is 549 g/mol. The third-order valence-corrected chi connectivity index (χ3v) is 7.12. The summed E-state index contributed by atoms with van der Waals surface area (Å²) in [5, 5.41) is 2.42. The Kier molecular flexibility index (Phi) is 8.34. The van der Waals surface area contributed by atoms with Gasteiger partial charge in [0.05, 0.1) is 35.1 Å². The highest BCUT2D eigenvalue weighted by Crippen LogP contribution is 2.35. The van der Waals surface area contributed by atoms with Gasteiger partial charge in [-0.2, -0.15) is 13.2 Å². The molecule has 2 amide bonds. The number of amides is 2. The molecule has 0 unspecified atom stereocenters. The molecule has 0 radical (unpaired) electrons. The highest BCUT2D eigenvalue weighted by molar-refractivity contribution is 6.04. The third-order valence-electron chi connectivity index (χ3n) is 7.12. The Bertz CT molecular complexity index is 1630. The van der Waals surface area contributed by atoms with Gasteiger partial charge < -0.3 is 15.0 Å². The zero-order chi connectivity index (χ0) is 29.9. The summed E-state index contributed by atoms with van der Waals surface area (Å²) in [7, 11) is 1.57. The van der Waals surface area contributed by atoms with E-state index in [1.165, 1.54) is 6.08 Å². The van der Waals surface area contributed by atoms with Gasteiger partial charge in [-0.05, 0) is 50.5 Å². The Morgan fingerprint density at radius 2 is 1.90 bits per heavy atom. The van der Waals surface area contributed by atoms with Crippen LogP contribution >= 0.6 is 0 Å². The number of carbonyl (C=O) groups is 2. The maximum Gasteiger partial charge on any atom is 0.416 e. The normalized spacial score (nSPS) is 15.8. The lowest BCUT2D eigenvalue weighted by atomic mass is 10.0. The molecule has 218 valence electrons. The Balaban J connectivity index is 1.45. The van der Waals surface area contributed by atoms with Crippen LogP contribution in [0.2, 0.25) is 0 Å². The van der Waals surface area contributed by atoms with E-state index in [4.69, 9.17) is 9.72 Å². The highest BCUT2D eigenvalue weighted by atomic mass is 19.4. The number of halogens is 3. The molecule has 1 aliphatic heterocycles. The van der Waals surface area contributed by atoms with Crippen LogP contribution in [0.1, 0.15) is 52.7 Å². The number of aromatic nitrogens is 4. The number of pyridine rings is 1. The third kappa shape index (κ3) is 6.03. The van der Waals surface area contributed by atoms with Crippen LogP contribution in [0, 0.1) is 6.92 Å². The van der Waals surface area contributed by atoms with Gasteiger partial charge in [-0.25, -0.2) is 9.97 Å². The molecule has 1 aromatic carbocycles. The average molecular weight is 579 g/mol. The maximum atomic E-state index is 13.1. The summed E-state index contributed by atoms with van der Waals surface area (Å²) in [4.78, 5) is 41.0. The molecule has 42 heavy (non-hydrogen) atoms. The topological polar surface area (TPSA) is 102 Å². The number of ether oxygens (including phenoxy) is 1. The predicted molar refractivity (Wildman–Crippen MR) is 150 cm³/mol. The van der Waals surface area contributed by atoms with Crippen molar-refractivity contribution in [3.05, 3.63) is 89.8 Å². The number of fused-ring (bicyclic) bond motifs is 1. The number of benzene rings is 1. The molecule has 1 aliphatic rings. The molecule has 3 aromatic heterocycles. The molecule has 1 atom stereocenters. The minimum atomic E-state index is -4.55. The van der Waals surface area contributed by atoms with E-state index in [1.807, 2.05) is 22.4 Å². The summed E-state index contributed by atoms with van der Waals surface area (Å²) in [6, 6.07) is 7.98. The number of likely N-dealkylation sites (tertiary alicyclic amines) is 1. The Morgan fingerprint density at radius 3 is 2.64 bits per heavy atom. The monoisotopic (exact) mass is 578 g/mol. The number of carbonyl (C=O) groups excluding carboxylic acids is 2. The van der Waals surface area contributed by atoms with Crippen molar-refractivity contribution < 1.29 is 27.5 Å². The van der Waals surface area contributed by atoms with E-state index in [-0.39, 0.29) is 23.3 Å². The van der Waals surface area contributed by atoms with Crippen LogP contribution in [0.5, 0.6) is 0 Å². The zero-order valence-electron chi connectivity index (χ0n) is 23.1. The van der Waals surface area contributed by atoms with E-state index in [0.717, 1.165) is 60.2 Å². The van der Waals surface area contributed by atoms with Crippen LogP contribution < -0.4 is 5.32 Å². The first-order valence-electron chi connectivity index (χ1n) is 13.4. The summed E-state index contributed by atoms with van der Waals surface area (Å²) in [5.74, 6) is -0.184. The molecule has 0 spiro atoms. The smallest absolute Gasteiger partial charge is 0.381 e. The van der Waals surface area contributed by atoms with Crippen LogP contribution in [0.3, 0.4) is 0 Å². The number of nitrogens with zero attached hydrogens (tertiary/aromatic N) is 5. The van der Waals surface area contributed by atoms with Gasteiger partial charge in [0.25, 0.3) is 5.91 Å². The molecule has 1 fully saturated rings. The fourth-order valence-corrected chi connectivity index (χ4v) is 5.10. The number of piperidine rings is 1. The number of alkyl halides is 3. The SMILES string of the molecule is COCC=CC(=O)N1CCCC[C@H]1c1nc(-c2ccc(C(=O)Nc3cc(C(F)(F)F)ccn3)cc2)c2c(C)nccn12. The summed E-state index contributed by atoms with van der Waals surface area (Å²) in [5.41, 5.74) is 2.23. The number of imidazole rings is 1. The van der Waals surface area contributed by atoms with Crippen LogP contribution in [-0.4, -0.2) is 56.3 Å². The fourth-order valence-electron chi connectivity index (χ4n) is 5.10. The minimum absolute atomic E-state index is 0.105. The molecule has 0 bridgehead atoms. The zero-order valence-corrected chi connectivity index (χ0v) is 23.1. The highest BCUT2D eigenvalue weighted by Gasteiger charge is 2.32. The second kappa shape index (κ2) is 12.1. The summed E-state index contributed by atoms with van der Waals surface area (Å²) >= 11 is 0. The van der Waals surface area contributed by atoms with Gasteiger partial charge in [0.2, 0.25) is 5.91 Å². The maximum absolute atomic E-state index is 13.1. The lowest BCUT2D eigenvalue weighted by molar-refractivity contribution is -0.137. The number of hydrogen-bond donors (Lipinski definition) is 1. The van der Waals surface area contributed by atoms with Crippen molar-refractivity contribution in [2.24, 2.45) is 0 Å². The first-order valence-corrected chi connectivity index (χ1v) is 13.4. The number of anilines is 1. The molecule has 5 rings (SSSR count). The molecule has 12 heteroatoms. The van der Waals surface area contributed by atoms with E-state index in [2.05, 4.69) is 15.3 Å². The van der Waals surface area contributed by atoms with Gasteiger partial charge in [0, 0.05) is 49.4 Å². The molecule has 0 aliphatic carbocycles. The van der Waals surface area contributed by atoms with Gasteiger partial charge in [-0.15, -0.1) is 0 Å². The Morgan fingerprint density at radius 1 is 1.12 bits per heavy atom. The number of rotatable bonds is 7. The predicted octanol–water partition coefficient (Wildman–Crippen LogP) is 5.63. The molecule has 1 saturated heterocycles. The second-order valence-electron chi connectivity index (χ2n) is 9.91. The van der Waals surface area contributed by atoms with Crippen molar-refractivity contribution in [1.82, 2.24) is 24.3 Å². The van der Waals surface area contributed by atoms with Crippen LogP contribution in [0.15, 0.2) is 67.1 Å². The molecule has 4 aromatic rings. The van der Waals surface area contributed by atoms with E-state index >= 15 is 0 Å². The van der Waals surface area contributed by atoms with Crippen LogP contribution in [-0.2, 0) is 15.7 Å². The van der Waals surface area contributed by atoms with Crippen molar-refractivity contribution in [2.75, 3.05) is 25.6 Å². The van der Waals surface area contributed by atoms with Crippen LogP contribution in [0.25, 0.3) is 16.8 Å². The summed E-state index contributed by atoms with van der Waals surface area (Å²) < 4.78 is 46.1. The van der Waals surface area contributed by atoms with E-state index in [9.17, 15) is 22.8 Å². The molecule has 4 heterocycles. The van der Waals surface area contributed by atoms with Gasteiger partial charge in [-0.1, -0.05) is 18.2 Å². The lowest BCUT2D eigenvalue weighted by Gasteiger charge is -2.34. The van der Waals surface area contributed by atoms with Crippen molar-refractivity contribution in [3.63, 3.8) is 0 Å². The number of aryl methyl sites for hydroxylation is 1. The molecule has 1 N–H and O–H groups in total. The summed E-state index contributed by atoms with van der Waals surface area (Å²) in [6.45, 7) is 2.83. The summed E-state index contributed by atoms with van der Waals surface area (Å²) in [6.07, 6.45) is 5.80. The number of nitrogens with one attached hydrogen (secondary N) is 1. The van der Waals surface area contributed by atoms with E-state index < -0.39 is 17.6 Å².